The Kier molecular flexibility index (Phi) is 4.61. The van der Waals surface area contributed by atoms with E-state index in [0.29, 0.717) is 22.1 Å². The molecule has 2 N–H and O–H groups in total. The van der Waals surface area contributed by atoms with Gasteiger partial charge in [-0.05, 0) is 31.2 Å². The monoisotopic (exact) mass is 345 g/mol. The number of nitrogens with one attached hydrogen (secondary N) is 1. The highest BCUT2D eigenvalue weighted by Gasteiger charge is 2.20. The van der Waals surface area contributed by atoms with Gasteiger partial charge >= 0.3 is 5.97 Å². The molecule has 0 saturated heterocycles. The fourth-order valence-corrected chi connectivity index (χ4v) is 3.19. The van der Waals surface area contributed by atoms with Gasteiger partial charge < -0.3 is 19.9 Å². The zero-order chi connectivity index (χ0) is 17.1. The number of rotatable bonds is 5. The van der Waals surface area contributed by atoms with E-state index in [2.05, 4.69) is 5.32 Å². The van der Waals surface area contributed by atoms with Crippen LogP contribution < -0.4 is 14.8 Å². The number of thioether (sulfide) groups is 1. The first-order chi connectivity index (χ1) is 11.5. The van der Waals surface area contributed by atoms with Crippen molar-refractivity contribution >= 4 is 29.3 Å². The molecule has 2 aromatic carbocycles. The Morgan fingerprint density at radius 2 is 1.92 bits per heavy atom. The predicted molar refractivity (Wildman–Crippen MR) is 89.9 cm³/mol. The molecule has 0 fully saturated rings. The van der Waals surface area contributed by atoms with Crippen LogP contribution in [0.15, 0.2) is 47.4 Å². The molecule has 2 aromatic rings. The van der Waals surface area contributed by atoms with Gasteiger partial charge in [0.05, 0.1) is 10.8 Å². The third-order valence-electron chi connectivity index (χ3n) is 3.43. The highest BCUT2D eigenvalue weighted by atomic mass is 32.2. The zero-order valence-electron chi connectivity index (χ0n) is 12.8. The van der Waals surface area contributed by atoms with Crippen molar-refractivity contribution in [1.82, 2.24) is 0 Å². The average Bonchev–Trinajstić information content (AvgIpc) is 3.02. The summed E-state index contributed by atoms with van der Waals surface area (Å²) in [5.41, 5.74) is 0.786. The van der Waals surface area contributed by atoms with E-state index < -0.39 is 11.2 Å². The lowest BCUT2D eigenvalue weighted by molar-refractivity contribution is -0.115. The van der Waals surface area contributed by atoms with Crippen molar-refractivity contribution in [3.8, 4) is 11.5 Å². The second kappa shape index (κ2) is 6.84. The Bertz CT molecular complexity index is 792. The van der Waals surface area contributed by atoms with Crippen LogP contribution in [0.25, 0.3) is 0 Å². The van der Waals surface area contributed by atoms with Gasteiger partial charge in [-0.2, -0.15) is 0 Å². The SMILES string of the molecule is C[C@@H](Sc1ccccc1C(=O)O)C(=O)Nc1ccc2c(c1)OCO2. The second-order valence-electron chi connectivity index (χ2n) is 5.12. The number of fused-ring (bicyclic) bond motifs is 1. The van der Waals surface area contributed by atoms with Crippen LogP contribution in [0.1, 0.15) is 17.3 Å². The molecule has 0 aromatic heterocycles. The highest BCUT2D eigenvalue weighted by molar-refractivity contribution is 8.00. The first-order valence-electron chi connectivity index (χ1n) is 7.24. The van der Waals surface area contributed by atoms with E-state index in [4.69, 9.17) is 9.47 Å². The molecule has 124 valence electrons. The number of hydrogen-bond donors (Lipinski definition) is 2. The minimum atomic E-state index is -1.01. The fraction of sp³-hybridized carbons (Fsp3) is 0.176. The first-order valence-corrected chi connectivity index (χ1v) is 8.12. The third kappa shape index (κ3) is 3.46. The molecule has 0 unspecified atom stereocenters. The molecule has 0 aliphatic carbocycles. The molecule has 1 heterocycles. The molecular weight excluding hydrogens is 330 g/mol. The zero-order valence-corrected chi connectivity index (χ0v) is 13.6. The Balaban J connectivity index is 1.68. The predicted octanol–water partition coefficient (Wildman–Crippen LogP) is 3.23. The summed E-state index contributed by atoms with van der Waals surface area (Å²) >= 11 is 1.20. The number of hydrogen-bond acceptors (Lipinski definition) is 5. The molecule has 0 bridgehead atoms. The molecule has 6 nitrogen and oxygen atoms in total. The molecule has 1 aliphatic heterocycles. The number of carbonyl (C=O) groups excluding carboxylic acids is 1. The van der Waals surface area contributed by atoms with E-state index in [0.717, 1.165) is 0 Å². The normalized spacial score (nSPS) is 13.4. The fourth-order valence-electron chi connectivity index (χ4n) is 2.21. The van der Waals surface area contributed by atoms with Gasteiger partial charge in [-0.15, -0.1) is 11.8 Å². The summed E-state index contributed by atoms with van der Waals surface area (Å²) in [6.07, 6.45) is 0. The number of carbonyl (C=O) groups is 2. The number of carboxylic acids is 1. The van der Waals surface area contributed by atoms with Crippen LogP contribution in [0.3, 0.4) is 0 Å². The Morgan fingerprint density at radius 1 is 1.17 bits per heavy atom. The molecule has 0 radical (unpaired) electrons. The summed E-state index contributed by atoms with van der Waals surface area (Å²) in [7, 11) is 0. The van der Waals surface area contributed by atoms with Crippen molar-refractivity contribution in [3.05, 3.63) is 48.0 Å². The van der Waals surface area contributed by atoms with Crippen LogP contribution in [0, 0.1) is 0 Å². The maximum atomic E-state index is 12.3. The maximum Gasteiger partial charge on any atom is 0.336 e. The average molecular weight is 345 g/mol. The van der Waals surface area contributed by atoms with Crippen LogP contribution in [0.5, 0.6) is 11.5 Å². The molecule has 7 heteroatoms. The van der Waals surface area contributed by atoms with Gasteiger partial charge in [-0.3, -0.25) is 4.79 Å². The number of ether oxygens (including phenoxy) is 2. The molecular formula is C17H15NO5S. The Labute approximate surface area is 142 Å². The smallest absolute Gasteiger partial charge is 0.336 e. The van der Waals surface area contributed by atoms with E-state index >= 15 is 0 Å². The standard InChI is InChI=1S/C17H15NO5S/c1-10(24-15-5-3-2-4-12(15)17(20)21)16(19)18-11-6-7-13-14(8-11)23-9-22-13/h2-8,10H,9H2,1H3,(H,18,19)(H,20,21)/t10-/m1/s1. The minimum Gasteiger partial charge on any atom is -0.478 e. The molecule has 1 amide bonds. The summed E-state index contributed by atoms with van der Waals surface area (Å²) in [6, 6.07) is 11.8. The molecule has 1 atom stereocenters. The number of anilines is 1. The van der Waals surface area contributed by atoms with E-state index in [1.54, 1.807) is 43.3 Å². The van der Waals surface area contributed by atoms with Gasteiger partial charge in [0.15, 0.2) is 11.5 Å². The highest BCUT2D eigenvalue weighted by Crippen LogP contribution is 2.34. The number of carboxylic acid groups (broad SMARTS) is 1. The summed E-state index contributed by atoms with van der Waals surface area (Å²) in [4.78, 5) is 24.1. The number of amides is 1. The maximum absolute atomic E-state index is 12.3. The van der Waals surface area contributed by atoms with Crippen LogP contribution in [0.2, 0.25) is 0 Å². The van der Waals surface area contributed by atoms with E-state index in [1.807, 2.05) is 0 Å². The Hall–Kier alpha value is -2.67. The summed E-state index contributed by atoms with van der Waals surface area (Å²) < 4.78 is 10.5. The number of aromatic carboxylic acids is 1. The van der Waals surface area contributed by atoms with Crippen molar-refractivity contribution < 1.29 is 24.2 Å². The minimum absolute atomic E-state index is 0.172. The van der Waals surface area contributed by atoms with Crippen LogP contribution >= 0.6 is 11.8 Å². The lowest BCUT2D eigenvalue weighted by atomic mass is 10.2. The molecule has 1 aliphatic rings. The van der Waals surface area contributed by atoms with Gasteiger partial charge in [0.2, 0.25) is 12.7 Å². The Morgan fingerprint density at radius 3 is 2.71 bits per heavy atom. The first kappa shape index (κ1) is 16.2. The molecule has 3 rings (SSSR count). The van der Waals surface area contributed by atoms with Gasteiger partial charge in [-0.25, -0.2) is 4.79 Å². The van der Waals surface area contributed by atoms with E-state index in [9.17, 15) is 14.7 Å². The van der Waals surface area contributed by atoms with Gasteiger partial charge in [0.25, 0.3) is 0 Å². The van der Waals surface area contributed by atoms with Crippen molar-refractivity contribution in [2.75, 3.05) is 12.1 Å². The molecule has 0 saturated carbocycles. The van der Waals surface area contributed by atoms with E-state index in [1.165, 1.54) is 17.8 Å². The summed E-state index contributed by atoms with van der Waals surface area (Å²) in [5, 5.41) is 11.5. The lowest BCUT2D eigenvalue weighted by Gasteiger charge is -2.13. The number of benzene rings is 2. The molecule has 0 spiro atoms. The summed E-state index contributed by atoms with van der Waals surface area (Å²) in [5.74, 6) is -0.00401. The molecule has 24 heavy (non-hydrogen) atoms. The van der Waals surface area contributed by atoms with Crippen LogP contribution in [0.4, 0.5) is 5.69 Å². The second-order valence-corrected chi connectivity index (χ2v) is 6.50. The van der Waals surface area contributed by atoms with Crippen molar-refractivity contribution in [3.63, 3.8) is 0 Å². The van der Waals surface area contributed by atoms with Gasteiger partial charge in [0, 0.05) is 16.6 Å². The van der Waals surface area contributed by atoms with E-state index in [-0.39, 0.29) is 18.3 Å². The summed E-state index contributed by atoms with van der Waals surface area (Å²) in [6.45, 7) is 1.90. The van der Waals surface area contributed by atoms with Crippen molar-refractivity contribution in [2.45, 2.75) is 17.1 Å². The van der Waals surface area contributed by atoms with Gasteiger partial charge in [-0.1, -0.05) is 12.1 Å². The van der Waals surface area contributed by atoms with Crippen molar-refractivity contribution in [2.24, 2.45) is 0 Å². The third-order valence-corrected chi connectivity index (χ3v) is 4.61. The van der Waals surface area contributed by atoms with Crippen LogP contribution in [-0.4, -0.2) is 29.0 Å². The largest absolute Gasteiger partial charge is 0.478 e. The quantitative estimate of drug-likeness (QED) is 0.809. The van der Waals surface area contributed by atoms with Crippen LogP contribution in [-0.2, 0) is 4.79 Å². The van der Waals surface area contributed by atoms with Gasteiger partial charge in [0.1, 0.15) is 0 Å². The lowest BCUT2D eigenvalue weighted by Crippen LogP contribution is -2.22. The van der Waals surface area contributed by atoms with Crippen molar-refractivity contribution in [1.29, 1.82) is 0 Å². The topological polar surface area (TPSA) is 84.9 Å².